The fraction of sp³-hybridized carbons (Fsp3) is 0.484. The molecule has 1 aromatic heterocycles. The molecule has 2 fully saturated rings. The summed E-state index contributed by atoms with van der Waals surface area (Å²) in [5, 5.41) is 3.33. The Morgan fingerprint density at radius 3 is 2.66 bits per heavy atom. The maximum atomic E-state index is 14.0. The van der Waals surface area contributed by atoms with Crippen LogP contribution in [0.5, 0.6) is 0 Å². The van der Waals surface area contributed by atoms with Crippen LogP contribution in [0, 0.1) is 5.92 Å². The van der Waals surface area contributed by atoms with Crippen molar-refractivity contribution in [3.8, 4) is 0 Å². The molecule has 0 spiro atoms. The van der Waals surface area contributed by atoms with Crippen molar-refractivity contribution in [3.63, 3.8) is 0 Å². The molecule has 1 saturated heterocycles. The van der Waals surface area contributed by atoms with Gasteiger partial charge in [-0.3, -0.25) is 19.3 Å². The molecule has 4 heterocycles. The second-order valence-electron chi connectivity index (χ2n) is 12.4. The number of nitrogens with one attached hydrogen (secondary N) is 2. The Kier molecular flexibility index (Phi) is 9.60. The third-order valence-electron chi connectivity index (χ3n) is 9.18. The first kappa shape index (κ1) is 33.7. The predicted octanol–water partition coefficient (Wildman–Crippen LogP) is 3.70. The van der Waals surface area contributed by atoms with Crippen molar-refractivity contribution < 1.29 is 32.3 Å². The third-order valence-corrected chi connectivity index (χ3v) is 12.6. The standard InChI is InChI=1S/C31H35Cl2N5O7S2/c32-22-9-6-7-18-15-37(17-21(18)22)30(42)45-20-13-24-27(39)35-31(29(41)36-47(43,44)26-12-11-25(33)46-26)14-19(31)8-4-2-1-3-5-10-23(34)28(40)38(24)16-20/h4,6-9,11-12,19-20,23-24H,1-3,5,10,13-17,34H2,(H,35,39)(H,36,41)/t19-,20-,23?,24+,31-/m1/s1. The largest absolute Gasteiger partial charge is 0.444 e. The monoisotopic (exact) mass is 723 g/mol. The van der Waals surface area contributed by atoms with E-state index in [0.717, 1.165) is 35.3 Å². The number of hydrogen-bond donors (Lipinski definition) is 3. The molecule has 2 aromatic rings. The highest BCUT2D eigenvalue weighted by atomic mass is 35.5. The molecule has 0 radical (unpaired) electrons. The molecule has 252 valence electrons. The number of benzene rings is 1. The summed E-state index contributed by atoms with van der Waals surface area (Å²) >= 11 is 13.0. The van der Waals surface area contributed by atoms with Crippen LogP contribution in [0.2, 0.25) is 9.36 Å². The molecule has 0 bridgehead atoms. The van der Waals surface area contributed by atoms with Gasteiger partial charge in [0.15, 0.2) is 0 Å². The van der Waals surface area contributed by atoms with Crippen molar-refractivity contribution in [2.45, 2.75) is 86.0 Å². The van der Waals surface area contributed by atoms with Crippen LogP contribution in [-0.4, -0.2) is 72.3 Å². The molecule has 1 unspecified atom stereocenters. The molecule has 6 rings (SSSR count). The van der Waals surface area contributed by atoms with Gasteiger partial charge in [-0.15, -0.1) is 11.3 Å². The summed E-state index contributed by atoms with van der Waals surface area (Å²) in [6.45, 7) is 0.519. The number of carbonyl (C=O) groups is 4. The summed E-state index contributed by atoms with van der Waals surface area (Å²) in [4.78, 5) is 57.2. The fourth-order valence-corrected chi connectivity index (χ4v) is 9.27. The summed E-state index contributed by atoms with van der Waals surface area (Å²) in [7, 11) is -4.26. The van der Waals surface area contributed by atoms with Gasteiger partial charge >= 0.3 is 6.09 Å². The number of nitrogens with zero attached hydrogens (tertiary/aromatic N) is 2. The predicted molar refractivity (Wildman–Crippen MR) is 175 cm³/mol. The summed E-state index contributed by atoms with van der Waals surface area (Å²) in [5.74, 6) is -2.48. The van der Waals surface area contributed by atoms with Crippen molar-refractivity contribution in [3.05, 3.63) is 63.0 Å². The number of allylic oxidation sites excluding steroid dienone is 1. The first-order valence-electron chi connectivity index (χ1n) is 15.5. The van der Waals surface area contributed by atoms with Gasteiger partial charge < -0.3 is 20.7 Å². The number of ether oxygens (including phenoxy) is 1. The SMILES string of the molecule is NC1CCCCCC=C[C@@H]2C[C@@]2(C(=O)NS(=O)(=O)c2ccc(Cl)s2)NC(=O)[C@@H]2C[C@@H](OC(=O)N3Cc4cccc(Cl)c4C3)CN2C1=O. The smallest absolute Gasteiger partial charge is 0.410 e. The summed E-state index contributed by atoms with van der Waals surface area (Å²) < 4.78 is 34.0. The summed E-state index contributed by atoms with van der Waals surface area (Å²) in [6, 6.07) is 6.18. The quantitative estimate of drug-likeness (QED) is 0.402. The second-order valence-corrected chi connectivity index (χ2v) is 16.5. The third kappa shape index (κ3) is 7.02. The highest BCUT2D eigenvalue weighted by Crippen LogP contribution is 2.46. The number of fused-ring (bicyclic) bond motifs is 3. The van der Waals surface area contributed by atoms with Crippen LogP contribution in [0.4, 0.5) is 4.79 Å². The van der Waals surface area contributed by atoms with E-state index in [1.54, 1.807) is 6.07 Å². The molecule has 1 saturated carbocycles. The first-order chi connectivity index (χ1) is 22.4. The number of amides is 4. The van der Waals surface area contributed by atoms with Gasteiger partial charge in [0, 0.05) is 23.9 Å². The maximum Gasteiger partial charge on any atom is 0.410 e. The molecule has 4 N–H and O–H groups in total. The van der Waals surface area contributed by atoms with Gasteiger partial charge in [-0.05, 0) is 55.0 Å². The Balaban J connectivity index is 1.21. The minimum Gasteiger partial charge on any atom is -0.444 e. The van der Waals surface area contributed by atoms with Crippen LogP contribution in [0.1, 0.15) is 56.1 Å². The Labute approximate surface area is 286 Å². The lowest BCUT2D eigenvalue weighted by Gasteiger charge is -2.28. The molecule has 47 heavy (non-hydrogen) atoms. The lowest BCUT2D eigenvalue weighted by molar-refractivity contribution is -0.140. The Morgan fingerprint density at radius 2 is 1.91 bits per heavy atom. The van der Waals surface area contributed by atoms with Crippen LogP contribution in [0.3, 0.4) is 0 Å². The zero-order valence-corrected chi connectivity index (χ0v) is 28.5. The molecule has 1 aromatic carbocycles. The van der Waals surface area contributed by atoms with Gasteiger partial charge in [0.1, 0.15) is 21.9 Å². The normalized spacial score (nSPS) is 28.0. The van der Waals surface area contributed by atoms with Crippen LogP contribution in [-0.2, 0) is 42.2 Å². The molecule has 4 amide bonds. The first-order valence-corrected chi connectivity index (χ1v) is 18.5. The van der Waals surface area contributed by atoms with Crippen LogP contribution in [0.15, 0.2) is 46.7 Å². The Morgan fingerprint density at radius 1 is 1.11 bits per heavy atom. The van der Waals surface area contributed by atoms with E-state index in [-0.39, 0.29) is 34.5 Å². The lowest BCUT2D eigenvalue weighted by atomic mass is 10.1. The van der Waals surface area contributed by atoms with Crippen molar-refractivity contribution >= 4 is 68.4 Å². The minimum absolute atomic E-state index is 0.0260. The average Bonchev–Trinajstić information content (AvgIpc) is 3.41. The number of thiophene rings is 1. The molecule has 1 aliphatic carbocycles. The molecule has 4 aliphatic rings. The van der Waals surface area contributed by atoms with Gasteiger partial charge in [0.25, 0.3) is 15.9 Å². The van der Waals surface area contributed by atoms with E-state index in [4.69, 9.17) is 33.7 Å². The van der Waals surface area contributed by atoms with Gasteiger partial charge in [-0.25, -0.2) is 17.9 Å². The van der Waals surface area contributed by atoms with E-state index < -0.39 is 63.5 Å². The Bertz CT molecular complexity index is 1730. The van der Waals surface area contributed by atoms with E-state index in [9.17, 15) is 27.6 Å². The van der Waals surface area contributed by atoms with E-state index in [2.05, 4.69) is 10.0 Å². The van der Waals surface area contributed by atoms with Crippen LogP contribution < -0.4 is 15.8 Å². The molecule has 12 nitrogen and oxygen atoms in total. The number of nitrogens with two attached hydrogens (primary N) is 1. The second kappa shape index (κ2) is 13.4. The number of carbonyl (C=O) groups excluding carboxylic acids is 4. The molecule has 5 atom stereocenters. The zero-order valence-electron chi connectivity index (χ0n) is 25.3. The summed E-state index contributed by atoms with van der Waals surface area (Å²) in [6.07, 6.45) is 5.96. The van der Waals surface area contributed by atoms with Crippen LogP contribution in [0.25, 0.3) is 0 Å². The minimum atomic E-state index is -4.26. The lowest BCUT2D eigenvalue weighted by Crippen LogP contribution is -2.57. The van der Waals surface area contributed by atoms with E-state index >= 15 is 0 Å². The van der Waals surface area contributed by atoms with Crippen molar-refractivity contribution in [2.24, 2.45) is 11.7 Å². The molecular formula is C31H35Cl2N5O7S2. The van der Waals surface area contributed by atoms with Gasteiger partial charge in [-0.1, -0.05) is 60.3 Å². The van der Waals surface area contributed by atoms with Crippen molar-refractivity contribution in [1.29, 1.82) is 0 Å². The number of sulfonamides is 1. The van der Waals surface area contributed by atoms with E-state index in [1.807, 2.05) is 24.3 Å². The van der Waals surface area contributed by atoms with Gasteiger partial charge in [-0.2, -0.15) is 0 Å². The van der Waals surface area contributed by atoms with Crippen molar-refractivity contribution in [1.82, 2.24) is 19.8 Å². The highest BCUT2D eigenvalue weighted by molar-refractivity contribution is 7.92. The van der Waals surface area contributed by atoms with Gasteiger partial charge in [0.05, 0.1) is 23.5 Å². The number of halogens is 2. The topological polar surface area (TPSA) is 168 Å². The van der Waals surface area contributed by atoms with Crippen LogP contribution >= 0.6 is 34.5 Å². The Hall–Kier alpha value is -3.17. The highest BCUT2D eigenvalue weighted by Gasteiger charge is 2.61. The molecule has 16 heteroatoms. The number of rotatable bonds is 4. The fourth-order valence-electron chi connectivity index (χ4n) is 6.49. The average molecular weight is 725 g/mol. The van der Waals surface area contributed by atoms with E-state index in [0.29, 0.717) is 30.8 Å². The number of hydrogen-bond acceptors (Lipinski definition) is 9. The van der Waals surface area contributed by atoms with Gasteiger partial charge in [0.2, 0.25) is 11.8 Å². The molecular weight excluding hydrogens is 689 g/mol. The van der Waals surface area contributed by atoms with E-state index in [1.165, 1.54) is 21.9 Å². The summed E-state index contributed by atoms with van der Waals surface area (Å²) in [5.41, 5.74) is 6.49. The molecule has 3 aliphatic heterocycles. The maximum absolute atomic E-state index is 14.0. The zero-order chi connectivity index (χ0) is 33.5. The van der Waals surface area contributed by atoms with Crippen molar-refractivity contribution in [2.75, 3.05) is 6.54 Å².